The first kappa shape index (κ1) is 8.72. The molecular formula is C11H11F. The van der Waals surface area contributed by atoms with Gasteiger partial charge in [-0.2, -0.15) is 0 Å². The Balaban J connectivity index is 3.27. The maximum atomic E-state index is 13.1. The van der Waals surface area contributed by atoms with Crippen LogP contribution in [0.4, 0.5) is 4.39 Å². The summed E-state index contributed by atoms with van der Waals surface area (Å²) < 4.78 is 13.1. The van der Waals surface area contributed by atoms with Crippen LogP contribution in [0.15, 0.2) is 30.9 Å². The highest BCUT2D eigenvalue weighted by molar-refractivity contribution is 5.64. The summed E-state index contributed by atoms with van der Waals surface area (Å²) in [5, 5.41) is 0. The molecule has 0 spiro atoms. The fourth-order valence-electron chi connectivity index (χ4n) is 1.09. The Kier molecular flexibility index (Phi) is 2.81. The lowest BCUT2D eigenvalue weighted by Crippen LogP contribution is -1.85. The van der Waals surface area contributed by atoms with Crippen molar-refractivity contribution in [1.82, 2.24) is 0 Å². The summed E-state index contributed by atoms with van der Waals surface area (Å²) in [6.45, 7) is 5.46. The van der Waals surface area contributed by atoms with Crippen molar-refractivity contribution in [1.29, 1.82) is 0 Å². The van der Waals surface area contributed by atoms with Crippen LogP contribution in [0, 0.1) is 5.82 Å². The van der Waals surface area contributed by atoms with Crippen molar-refractivity contribution in [3.05, 3.63) is 47.8 Å². The van der Waals surface area contributed by atoms with Gasteiger partial charge in [0.1, 0.15) is 5.82 Å². The third kappa shape index (κ3) is 1.62. The zero-order valence-electron chi connectivity index (χ0n) is 7.05. The second-order valence-electron chi connectivity index (χ2n) is 2.45. The van der Waals surface area contributed by atoms with Gasteiger partial charge < -0.3 is 0 Å². The largest absolute Gasteiger partial charge is 0.206 e. The van der Waals surface area contributed by atoms with Gasteiger partial charge >= 0.3 is 0 Å². The molecule has 0 aliphatic rings. The number of allylic oxidation sites excluding steroid dienone is 1. The van der Waals surface area contributed by atoms with Gasteiger partial charge in [-0.1, -0.05) is 36.9 Å². The normalized spacial score (nSPS) is 10.5. The average molecular weight is 162 g/mol. The van der Waals surface area contributed by atoms with Crippen LogP contribution in [0.5, 0.6) is 0 Å². The van der Waals surface area contributed by atoms with Crippen molar-refractivity contribution in [3.8, 4) is 0 Å². The molecule has 0 radical (unpaired) electrons. The highest BCUT2D eigenvalue weighted by Crippen LogP contribution is 2.15. The van der Waals surface area contributed by atoms with E-state index in [1.807, 2.05) is 25.1 Å². The van der Waals surface area contributed by atoms with Crippen LogP contribution in [0.25, 0.3) is 12.2 Å². The highest BCUT2D eigenvalue weighted by atomic mass is 19.1. The van der Waals surface area contributed by atoms with E-state index in [9.17, 15) is 4.39 Å². The van der Waals surface area contributed by atoms with Crippen molar-refractivity contribution < 1.29 is 4.39 Å². The van der Waals surface area contributed by atoms with Crippen molar-refractivity contribution in [2.24, 2.45) is 0 Å². The standard InChI is InChI=1S/C11H11F/c1-3-6-9-7-5-8-11(12)10(9)4-2/h3-8H,2H2,1H3/b6-3-. The predicted octanol–water partition coefficient (Wildman–Crippen LogP) is 3.50. The van der Waals surface area contributed by atoms with Crippen LogP contribution in [-0.2, 0) is 0 Å². The first-order chi connectivity index (χ1) is 5.79. The summed E-state index contributed by atoms with van der Waals surface area (Å²) in [6.07, 6.45) is 5.27. The van der Waals surface area contributed by atoms with Gasteiger partial charge in [0.05, 0.1) is 0 Å². The number of hydrogen-bond acceptors (Lipinski definition) is 0. The van der Waals surface area contributed by atoms with Crippen molar-refractivity contribution >= 4 is 12.2 Å². The van der Waals surface area contributed by atoms with E-state index in [1.165, 1.54) is 12.1 Å². The number of halogens is 1. The maximum Gasteiger partial charge on any atom is 0.131 e. The Morgan fingerprint density at radius 1 is 1.42 bits per heavy atom. The van der Waals surface area contributed by atoms with E-state index in [0.29, 0.717) is 5.56 Å². The molecule has 0 aromatic heterocycles. The van der Waals surface area contributed by atoms with E-state index in [4.69, 9.17) is 0 Å². The molecule has 0 aliphatic heterocycles. The first-order valence-electron chi connectivity index (χ1n) is 3.83. The van der Waals surface area contributed by atoms with Crippen LogP contribution in [0.3, 0.4) is 0 Å². The smallest absolute Gasteiger partial charge is 0.131 e. The van der Waals surface area contributed by atoms with E-state index in [-0.39, 0.29) is 5.82 Å². The van der Waals surface area contributed by atoms with Crippen molar-refractivity contribution in [2.75, 3.05) is 0 Å². The van der Waals surface area contributed by atoms with Crippen molar-refractivity contribution in [2.45, 2.75) is 6.92 Å². The van der Waals surface area contributed by atoms with E-state index in [2.05, 4.69) is 6.58 Å². The Labute approximate surface area is 72.0 Å². The van der Waals surface area contributed by atoms with Gasteiger partial charge in [0.2, 0.25) is 0 Å². The lowest BCUT2D eigenvalue weighted by atomic mass is 10.1. The van der Waals surface area contributed by atoms with E-state index >= 15 is 0 Å². The second-order valence-corrected chi connectivity index (χ2v) is 2.45. The lowest BCUT2D eigenvalue weighted by molar-refractivity contribution is 0.625. The third-order valence-electron chi connectivity index (χ3n) is 1.64. The van der Waals surface area contributed by atoms with Gasteiger partial charge in [0.15, 0.2) is 0 Å². The first-order valence-corrected chi connectivity index (χ1v) is 3.83. The monoisotopic (exact) mass is 162 g/mol. The van der Waals surface area contributed by atoms with E-state index in [0.717, 1.165) is 5.56 Å². The molecule has 0 unspecified atom stereocenters. The molecule has 0 bridgehead atoms. The third-order valence-corrected chi connectivity index (χ3v) is 1.64. The predicted molar refractivity (Wildman–Crippen MR) is 51.2 cm³/mol. The molecular weight excluding hydrogens is 151 g/mol. The molecule has 0 aliphatic carbocycles. The van der Waals surface area contributed by atoms with Crippen LogP contribution < -0.4 is 0 Å². The van der Waals surface area contributed by atoms with Gasteiger partial charge in [-0.05, 0) is 18.6 Å². The Morgan fingerprint density at radius 2 is 2.17 bits per heavy atom. The Morgan fingerprint density at radius 3 is 2.75 bits per heavy atom. The van der Waals surface area contributed by atoms with Crippen LogP contribution in [-0.4, -0.2) is 0 Å². The zero-order chi connectivity index (χ0) is 8.97. The van der Waals surface area contributed by atoms with Gasteiger partial charge in [-0.3, -0.25) is 0 Å². The number of hydrogen-bond donors (Lipinski definition) is 0. The molecule has 12 heavy (non-hydrogen) atoms. The molecule has 62 valence electrons. The Hall–Kier alpha value is -1.37. The van der Waals surface area contributed by atoms with Crippen LogP contribution >= 0.6 is 0 Å². The minimum atomic E-state index is -0.222. The summed E-state index contributed by atoms with van der Waals surface area (Å²) in [4.78, 5) is 0. The molecule has 1 heteroatoms. The zero-order valence-corrected chi connectivity index (χ0v) is 7.05. The Bertz CT molecular complexity index is 311. The molecule has 0 saturated heterocycles. The maximum absolute atomic E-state index is 13.1. The average Bonchev–Trinajstić information content (AvgIpc) is 2.05. The summed E-state index contributed by atoms with van der Waals surface area (Å²) >= 11 is 0. The SMILES string of the molecule is C=Cc1c(F)cccc1/C=C\C. The summed E-state index contributed by atoms with van der Waals surface area (Å²) in [5.74, 6) is -0.222. The topological polar surface area (TPSA) is 0 Å². The van der Waals surface area contributed by atoms with Gasteiger partial charge in [0, 0.05) is 5.56 Å². The fourth-order valence-corrected chi connectivity index (χ4v) is 1.09. The number of rotatable bonds is 2. The molecule has 0 amide bonds. The molecule has 0 heterocycles. The second kappa shape index (κ2) is 3.86. The molecule has 0 nitrogen and oxygen atoms in total. The molecule has 0 atom stereocenters. The summed E-state index contributed by atoms with van der Waals surface area (Å²) in [5.41, 5.74) is 1.43. The van der Waals surface area contributed by atoms with Gasteiger partial charge in [0.25, 0.3) is 0 Å². The molecule has 1 rings (SSSR count). The quantitative estimate of drug-likeness (QED) is 0.624. The fraction of sp³-hybridized carbons (Fsp3) is 0.0909. The lowest BCUT2D eigenvalue weighted by Gasteiger charge is -2.00. The summed E-state index contributed by atoms with van der Waals surface area (Å²) in [6, 6.07) is 4.99. The minimum Gasteiger partial charge on any atom is -0.206 e. The summed E-state index contributed by atoms with van der Waals surface area (Å²) in [7, 11) is 0. The highest BCUT2D eigenvalue weighted by Gasteiger charge is 2.00. The van der Waals surface area contributed by atoms with Gasteiger partial charge in [-0.25, -0.2) is 4.39 Å². The molecule has 0 saturated carbocycles. The molecule has 1 aromatic rings. The molecule has 0 N–H and O–H groups in total. The van der Waals surface area contributed by atoms with Crippen LogP contribution in [0.1, 0.15) is 18.1 Å². The van der Waals surface area contributed by atoms with E-state index in [1.54, 1.807) is 6.07 Å². The minimum absolute atomic E-state index is 0.222. The van der Waals surface area contributed by atoms with Crippen LogP contribution in [0.2, 0.25) is 0 Å². The number of benzene rings is 1. The van der Waals surface area contributed by atoms with Crippen molar-refractivity contribution in [3.63, 3.8) is 0 Å². The van der Waals surface area contributed by atoms with Gasteiger partial charge in [-0.15, -0.1) is 0 Å². The molecule has 1 aromatic carbocycles. The molecule has 0 fully saturated rings. The van der Waals surface area contributed by atoms with E-state index < -0.39 is 0 Å².